The Labute approximate surface area is 179 Å². The van der Waals surface area contributed by atoms with Crippen LogP contribution in [0, 0.1) is 11.8 Å². The lowest BCUT2D eigenvalue weighted by molar-refractivity contribution is 0.763. The van der Waals surface area contributed by atoms with E-state index in [0.717, 1.165) is 47.5 Å². The number of aliphatic imine (C=N–C) groups is 1. The highest BCUT2D eigenvalue weighted by Crippen LogP contribution is 2.09. The molecule has 3 heteroatoms. The van der Waals surface area contributed by atoms with Gasteiger partial charge in [0.1, 0.15) is 5.84 Å². The van der Waals surface area contributed by atoms with Crippen LogP contribution in [0.5, 0.6) is 0 Å². The van der Waals surface area contributed by atoms with Crippen LogP contribution in [0.4, 0.5) is 0 Å². The number of unbranched alkanes of at least 4 members (excludes halogenated alkanes) is 1. The van der Waals surface area contributed by atoms with Crippen molar-refractivity contribution in [1.82, 2.24) is 5.32 Å². The summed E-state index contributed by atoms with van der Waals surface area (Å²) in [5.74, 6) is 7.34. The molecule has 158 valence electrons. The molecule has 29 heavy (non-hydrogen) atoms. The number of nitrogens with two attached hydrogens (primary N) is 1. The van der Waals surface area contributed by atoms with Gasteiger partial charge in [-0.2, -0.15) is 0 Å². The van der Waals surface area contributed by atoms with E-state index >= 15 is 0 Å². The van der Waals surface area contributed by atoms with Gasteiger partial charge in [0.2, 0.25) is 0 Å². The van der Waals surface area contributed by atoms with E-state index in [2.05, 4.69) is 67.7 Å². The van der Waals surface area contributed by atoms with Crippen LogP contribution in [0.25, 0.3) is 0 Å². The molecule has 0 atom stereocenters. The minimum absolute atomic E-state index is 0.710. The first kappa shape index (κ1) is 26.4. The van der Waals surface area contributed by atoms with Crippen LogP contribution in [0.1, 0.15) is 60.8 Å². The van der Waals surface area contributed by atoms with Gasteiger partial charge in [-0.05, 0) is 83.2 Å². The van der Waals surface area contributed by atoms with Gasteiger partial charge in [0.05, 0.1) is 0 Å². The zero-order chi connectivity index (χ0) is 22.2. The Hall–Kier alpha value is -2.57. The molecule has 0 amide bonds. The number of amidine groups is 1. The van der Waals surface area contributed by atoms with Gasteiger partial charge in [0.15, 0.2) is 0 Å². The first-order valence-electron chi connectivity index (χ1n) is 10.2. The van der Waals surface area contributed by atoms with Crippen molar-refractivity contribution in [3.8, 4) is 11.8 Å². The molecule has 0 aliphatic rings. The molecule has 0 saturated carbocycles. The summed E-state index contributed by atoms with van der Waals surface area (Å²) in [5, 5.41) is 3.30. The van der Waals surface area contributed by atoms with E-state index in [0.29, 0.717) is 6.54 Å². The predicted molar refractivity (Wildman–Crippen MR) is 131 cm³/mol. The third kappa shape index (κ3) is 12.5. The molecular weight excluding hydrogens is 354 g/mol. The zero-order valence-corrected chi connectivity index (χ0v) is 19.4. The fourth-order valence-corrected chi connectivity index (χ4v) is 2.18. The third-order valence-corrected chi connectivity index (χ3v) is 4.59. The summed E-state index contributed by atoms with van der Waals surface area (Å²) in [6.07, 6.45) is 13.2. The van der Waals surface area contributed by atoms with Gasteiger partial charge < -0.3 is 11.1 Å². The maximum atomic E-state index is 5.55. The zero-order valence-electron chi connectivity index (χ0n) is 19.4. The Bertz CT molecular complexity index is 788. The van der Waals surface area contributed by atoms with Gasteiger partial charge in [0.25, 0.3) is 0 Å². The molecule has 0 aromatic carbocycles. The second-order valence-corrected chi connectivity index (χ2v) is 7.14. The average molecular weight is 394 g/mol. The molecule has 3 nitrogen and oxygen atoms in total. The van der Waals surface area contributed by atoms with E-state index in [-0.39, 0.29) is 0 Å². The topological polar surface area (TPSA) is 50.4 Å². The van der Waals surface area contributed by atoms with E-state index in [1.165, 1.54) is 11.1 Å². The van der Waals surface area contributed by atoms with Gasteiger partial charge >= 0.3 is 0 Å². The summed E-state index contributed by atoms with van der Waals surface area (Å²) < 4.78 is 0. The monoisotopic (exact) mass is 393 g/mol. The second-order valence-electron chi connectivity index (χ2n) is 7.14. The summed E-state index contributed by atoms with van der Waals surface area (Å²) in [7, 11) is 1.79. The lowest BCUT2D eigenvalue weighted by Gasteiger charge is -2.12. The van der Waals surface area contributed by atoms with Crippen molar-refractivity contribution in [1.29, 1.82) is 0 Å². The third-order valence-electron chi connectivity index (χ3n) is 4.59. The van der Waals surface area contributed by atoms with Gasteiger partial charge in [-0.1, -0.05) is 54.4 Å². The Morgan fingerprint density at radius 3 is 1.93 bits per heavy atom. The summed E-state index contributed by atoms with van der Waals surface area (Å²) in [4.78, 5) is 4.30. The molecule has 0 aromatic heterocycles. The molecule has 0 heterocycles. The van der Waals surface area contributed by atoms with Crippen LogP contribution in [0.15, 0.2) is 75.5 Å². The molecule has 0 radical (unpaired) electrons. The normalized spacial score (nSPS) is 14.5. The van der Waals surface area contributed by atoms with E-state index in [4.69, 9.17) is 5.73 Å². The molecule has 0 saturated heterocycles. The fraction of sp³-hybridized carbons (Fsp3) is 0.423. The number of nitrogens with zero attached hydrogens (tertiary/aromatic N) is 1. The average Bonchev–Trinajstić information content (AvgIpc) is 2.72. The maximum absolute atomic E-state index is 5.55. The summed E-state index contributed by atoms with van der Waals surface area (Å²) in [5.41, 5.74) is 12.0. The molecular formula is C26H39N3. The molecule has 0 unspecified atom stereocenters. The standard InChI is InChI=1S/C26H39N3/c1-9-22(4)23(5)17-15-20(2)13-14-21(3)16-18-24(6)25(7)29-26(28-8)12-10-11-19-27/h9,15-18H,7,10-12,19,27H2,1-6,8H3,(H,28,29)/b20-15+,21-16+,22-9+,23-17+,24-18+. The SMILES string of the molecule is C=C(NC(CCCCN)=NC)/C(C)=C/C=C(\C)C#C/C(C)=C/C=C(C)/C(C)=C/C. The van der Waals surface area contributed by atoms with Crippen molar-refractivity contribution in [2.75, 3.05) is 13.6 Å². The van der Waals surface area contributed by atoms with E-state index in [1.54, 1.807) is 7.05 Å². The summed E-state index contributed by atoms with van der Waals surface area (Å²) in [6, 6.07) is 0. The van der Waals surface area contributed by atoms with E-state index in [9.17, 15) is 0 Å². The number of allylic oxidation sites excluding steroid dienone is 10. The van der Waals surface area contributed by atoms with Gasteiger partial charge in [-0.25, -0.2) is 0 Å². The molecule has 0 aliphatic carbocycles. The van der Waals surface area contributed by atoms with Crippen LogP contribution in [0.3, 0.4) is 0 Å². The van der Waals surface area contributed by atoms with Crippen molar-refractivity contribution in [3.05, 3.63) is 70.5 Å². The molecule has 0 fully saturated rings. The molecule has 0 bridgehead atoms. The molecule has 0 spiro atoms. The molecule has 0 rings (SSSR count). The Kier molecular flexibility index (Phi) is 14.0. The van der Waals surface area contributed by atoms with Crippen LogP contribution in [-0.2, 0) is 0 Å². The van der Waals surface area contributed by atoms with Crippen LogP contribution >= 0.6 is 0 Å². The van der Waals surface area contributed by atoms with Crippen LogP contribution < -0.4 is 11.1 Å². The van der Waals surface area contributed by atoms with Crippen molar-refractivity contribution in [3.63, 3.8) is 0 Å². The van der Waals surface area contributed by atoms with Crippen molar-refractivity contribution in [2.45, 2.75) is 60.8 Å². The predicted octanol–water partition coefficient (Wildman–Crippen LogP) is 6.00. The molecule has 3 N–H and O–H groups in total. The van der Waals surface area contributed by atoms with E-state index in [1.807, 2.05) is 32.9 Å². The number of hydrogen-bond donors (Lipinski definition) is 2. The Morgan fingerprint density at radius 2 is 1.45 bits per heavy atom. The lowest BCUT2D eigenvalue weighted by atomic mass is 10.1. The molecule has 0 aliphatic heterocycles. The fourth-order valence-electron chi connectivity index (χ4n) is 2.18. The minimum Gasteiger partial charge on any atom is -0.344 e. The summed E-state index contributed by atoms with van der Waals surface area (Å²) >= 11 is 0. The number of nitrogens with one attached hydrogen (secondary N) is 1. The van der Waals surface area contributed by atoms with Crippen molar-refractivity contribution < 1.29 is 0 Å². The van der Waals surface area contributed by atoms with Gasteiger partial charge in [-0.15, -0.1) is 0 Å². The lowest BCUT2D eigenvalue weighted by Crippen LogP contribution is -2.23. The largest absolute Gasteiger partial charge is 0.344 e. The van der Waals surface area contributed by atoms with Crippen LogP contribution in [0.2, 0.25) is 0 Å². The maximum Gasteiger partial charge on any atom is 0.100 e. The first-order chi connectivity index (χ1) is 13.7. The second kappa shape index (κ2) is 15.4. The van der Waals surface area contributed by atoms with Crippen molar-refractivity contribution in [2.24, 2.45) is 10.7 Å². The highest BCUT2D eigenvalue weighted by molar-refractivity contribution is 5.84. The smallest absolute Gasteiger partial charge is 0.100 e. The highest BCUT2D eigenvalue weighted by atomic mass is 15.0. The first-order valence-corrected chi connectivity index (χ1v) is 10.2. The minimum atomic E-state index is 0.710. The van der Waals surface area contributed by atoms with Gasteiger partial charge in [-0.3, -0.25) is 4.99 Å². The highest BCUT2D eigenvalue weighted by Gasteiger charge is 2.01. The quantitative estimate of drug-likeness (QED) is 0.166. The number of rotatable bonds is 9. The number of hydrogen-bond acceptors (Lipinski definition) is 2. The van der Waals surface area contributed by atoms with E-state index < -0.39 is 0 Å². The molecule has 0 aromatic rings. The Balaban J connectivity index is 4.98. The van der Waals surface area contributed by atoms with Crippen LogP contribution in [-0.4, -0.2) is 19.4 Å². The van der Waals surface area contributed by atoms with Crippen molar-refractivity contribution >= 4 is 5.84 Å². The van der Waals surface area contributed by atoms with Gasteiger partial charge in [0, 0.05) is 19.2 Å². The summed E-state index contributed by atoms with van der Waals surface area (Å²) in [6.45, 7) is 17.2. The Morgan fingerprint density at radius 1 is 0.897 bits per heavy atom.